The molecule has 0 amide bonds. The highest BCUT2D eigenvalue weighted by atomic mass is 32.2. The number of nitrogens with one attached hydrogen (secondary N) is 2. The first-order chi connectivity index (χ1) is 7.67. The second kappa shape index (κ2) is 6.97. The van der Waals surface area contributed by atoms with E-state index < -0.39 is 10.0 Å². The van der Waals surface area contributed by atoms with Crippen molar-refractivity contribution in [3.63, 3.8) is 0 Å². The molecule has 1 rings (SSSR count). The van der Waals surface area contributed by atoms with Gasteiger partial charge in [-0.25, -0.2) is 13.1 Å². The monoisotopic (exact) mass is 264 g/mol. The number of sulfonamides is 1. The van der Waals surface area contributed by atoms with Crippen LogP contribution in [-0.4, -0.2) is 41.8 Å². The third-order valence-corrected chi connectivity index (χ3v) is 4.70. The van der Waals surface area contributed by atoms with Crippen LogP contribution in [-0.2, 0) is 14.8 Å². The molecular weight excluding hydrogens is 248 g/mol. The number of rotatable bonds is 8. The van der Waals surface area contributed by atoms with Gasteiger partial charge in [0.15, 0.2) is 0 Å². The van der Waals surface area contributed by atoms with Crippen LogP contribution in [0.4, 0.5) is 0 Å². The molecule has 1 aromatic rings. The van der Waals surface area contributed by atoms with Gasteiger partial charge in [-0.3, -0.25) is 0 Å². The number of hydrogen-bond acceptors (Lipinski definition) is 5. The molecule has 1 heterocycles. The molecule has 5 nitrogen and oxygen atoms in total. The van der Waals surface area contributed by atoms with Gasteiger partial charge < -0.3 is 10.1 Å². The average Bonchev–Trinajstić information content (AvgIpc) is 2.77. The Morgan fingerprint density at radius 1 is 1.38 bits per heavy atom. The lowest BCUT2D eigenvalue weighted by atomic mass is 10.6. The Morgan fingerprint density at radius 2 is 2.19 bits per heavy atom. The Labute approximate surface area is 99.9 Å². The third-order valence-electron chi connectivity index (χ3n) is 1.84. The fourth-order valence-corrected chi connectivity index (χ4v) is 3.13. The summed E-state index contributed by atoms with van der Waals surface area (Å²) in [6, 6.07) is 3.31. The van der Waals surface area contributed by atoms with E-state index in [1.807, 2.05) is 0 Å². The zero-order valence-corrected chi connectivity index (χ0v) is 10.7. The Balaban J connectivity index is 2.22. The summed E-state index contributed by atoms with van der Waals surface area (Å²) < 4.78 is 31.0. The maximum Gasteiger partial charge on any atom is 0.250 e. The van der Waals surface area contributed by atoms with Gasteiger partial charge in [0.2, 0.25) is 10.0 Å². The summed E-state index contributed by atoms with van der Waals surface area (Å²) in [5, 5.41) is 4.80. The maximum absolute atomic E-state index is 11.6. The van der Waals surface area contributed by atoms with Crippen molar-refractivity contribution in [2.45, 2.75) is 4.21 Å². The van der Waals surface area contributed by atoms with E-state index in [1.54, 1.807) is 24.6 Å². The maximum atomic E-state index is 11.6. The van der Waals surface area contributed by atoms with Crippen LogP contribution >= 0.6 is 11.3 Å². The quantitative estimate of drug-likeness (QED) is 0.661. The van der Waals surface area contributed by atoms with Crippen molar-refractivity contribution in [1.82, 2.24) is 10.0 Å². The van der Waals surface area contributed by atoms with E-state index >= 15 is 0 Å². The Kier molecular flexibility index (Phi) is 5.93. The molecule has 0 atom stereocenters. The first-order valence-electron chi connectivity index (χ1n) is 4.89. The second-order valence-corrected chi connectivity index (χ2v) is 6.01. The molecule has 0 saturated heterocycles. The average molecular weight is 264 g/mol. The molecule has 0 fully saturated rings. The minimum atomic E-state index is -3.31. The summed E-state index contributed by atoms with van der Waals surface area (Å²) in [6.07, 6.45) is 0. The van der Waals surface area contributed by atoms with Gasteiger partial charge in [-0.1, -0.05) is 6.07 Å². The van der Waals surface area contributed by atoms with Gasteiger partial charge in [0.25, 0.3) is 0 Å². The Hall–Kier alpha value is -0.470. The van der Waals surface area contributed by atoms with E-state index in [1.165, 1.54) is 11.3 Å². The number of methoxy groups -OCH3 is 1. The van der Waals surface area contributed by atoms with E-state index in [-0.39, 0.29) is 0 Å². The van der Waals surface area contributed by atoms with Crippen LogP contribution in [0.15, 0.2) is 21.7 Å². The van der Waals surface area contributed by atoms with Crippen molar-refractivity contribution in [3.8, 4) is 0 Å². The summed E-state index contributed by atoms with van der Waals surface area (Å²) >= 11 is 1.21. The first kappa shape index (κ1) is 13.6. The fourth-order valence-electron chi connectivity index (χ4n) is 1.06. The van der Waals surface area contributed by atoms with Gasteiger partial charge >= 0.3 is 0 Å². The van der Waals surface area contributed by atoms with E-state index in [4.69, 9.17) is 4.74 Å². The van der Waals surface area contributed by atoms with Crippen LogP contribution < -0.4 is 10.0 Å². The molecule has 92 valence electrons. The van der Waals surface area contributed by atoms with E-state index in [0.717, 1.165) is 6.54 Å². The summed E-state index contributed by atoms with van der Waals surface area (Å²) in [4.78, 5) is 0. The largest absolute Gasteiger partial charge is 0.383 e. The molecule has 0 aliphatic heterocycles. The van der Waals surface area contributed by atoms with Crippen molar-refractivity contribution in [1.29, 1.82) is 0 Å². The smallest absolute Gasteiger partial charge is 0.250 e. The molecule has 0 bridgehead atoms. The topological polar surface area (TPSA) is 67.4 Å². The second-order valence-electron chi connectivity index (χ2n) is 3.07. The summed E-state index contributed by atoms with van der Waals surface area (Å²) in [5.74, 6) is 0. The molecule has 0 aliphatic rings. The van der Waals surface area contributed by atoms with Gasteiger partial charge in [0.1, 0.15) is 4.21 Å². The van der Waals surface area contributed by atoms with Crippen LogP contribution in [0, 0.1) is 0 Å². The van der Waals surface area contributed by atoms with Crippen molar-refractivity contribution in [2.75, 3.05) is 33.4 Å². The van der Waals surface area contributed by atoms with Gasteiger partial charge in [0.05, 0.1) is 6.61 Å². The minimum absolute atomic E-state index is 0.351. The van der Waals surface area contributed by atoms with Crippen molar-refractivity contribution < 1.29 is 13.2 Å². The van der Waals surface area contributed by atoms with Gasteiger partial charge in [-0.05, 0) is 11.4 Å². The summed E-state index contributed by atoms with van der Waals surface area (Å²) in [7, 11) is -1.69. The highest BCUT2D eigenvalue weighted by Gasteiger charge is 2.13. The standard InChI is InChI=1S/C9H16N2O3S2/c1-14-7-6-10-4-5-11-16(12,13)9-3-2-8-15-9/h2-3,8,10-11H,4-7H2,1H3. The fraction of sp³-hybridized carbons (Fsp3) is 0.556. The van der Waals surface area contributed by atoms with Gasteiger partial charge in [-0.2, -0.15) is 0 Å². The molecule has 2 N–H and O–H groups in total. The number of hydrogen-bond donors (Lipinski definition) is 2. The lowest BCUT2D eigenvalue weighted by Gasteiger charge is -2.05. The normalized spacial score (nSPS) is 11.8. The third kappa shape index (κ3) is 4.58. The SMILES string of the molecule is COCCNCCNS(=O)(=O)c1cccs1. The van der Waals surface area contributed by atoms with Crippen LogP contribution in [0.3, 0.4) is 0 Å². The predicted octanol–water partition coefficient (Wildman–Crippen LogP) is 0.262. The van der Waals surface area contributed by atoms with Crippen molar-refractivity contribution in [2.24, 2.45) is 0 Å². The van der Waals surface area contributed by atoms with E-state index in [9.17, 15) is 8.42 Å². The highest BCUT2D eigenvalue weighted by Crippen LogP contribution is 2.14. The summed E-state index contributed by atoms with van der Waals surface area (Å²) in [6.45, 7) is 2.31. The van der Waals surface area contributed by atoms with E-state index in [2.05, 4.69) is 10.0 Å². The highest BCUT2D eigenvalue weighted by molar-refractivity contribution is 7.91. The van der Waals surface area contributed by atoms with Gasteiger partial charge in [-0.15, -0.1) is 11.3 Å². The predicted molar refractivity (Wildman–Crippen MR) is 64.3 cm³/mol. The zero-order valence-electron chi connectivity index (χ0n) is 9.10. The van der Waals surface area contributed by atoms with Gasteiger partial charge in [0, 0.05) is 26.7 Å². The molecular formula is C9H16N2O3S2. The lowest BCUT2D eigenvalue weighted by molar-refractivity contribution is 0.199. The minimum Gasteiger partial charge on any atom is -0.383 e. The van der Waals surface area contributed by atoms with Crippen LogP contribution in [0.5, 0.6) is 0 Å². The lowest BCUT2D eigenvalue weighted by Crippen LogP contribution is -2.32. The molecule has 0 saturated carbocycles. The molecule has 0 unspecified atom stereocenters. The summed E-state index contributed by atoms with van der Waals surface area (Å²) in [5.41, 5.74) is 0. The van der Waals surface area contributed by atoms with E-state index in [0.29, 0.717) is 23.9 Å². The number of thiophene rings is 1. The zero-order chi connectivity index (χ0) is 11.9. The molecule has 0 radical (unpaired) electrons. The molecule has 7 heteroatoms. The molecule has 16 heavy (non-hydrogen) atoms. The van der Waals surface area contributed by atoms with Crippen molar-refractivity contribution >= 4 is 21.4 Å². The molecule has 0 spiro atoms. The van der Waals surface area contributed by atoms with Crippen LogP contribution in [0.1, 0.15) is 0 Å². The van der Waals surface area contributed by atoms with Crippen LogP contribution in [0.25, 0.3) is 0 Å². The molecule has 0 aromatic carbocycles. The molecule has 1 aromatic heterocycles. The molecule has 0 aliphatic carbocycles. The van der Waals surface area contributed by atoms with Crippen LogP contribution in [0.2, 0.25) is 0 Å². The Bertz CT molecular complexity index is 375. The van der Waals surface area contributed by atoms with Crippen molar-refractivity contribution in [3.05, 3.63) is 17.5 Å². The number of ether oxygens (including phenoxy) is 1. The first-order valence-corrected chi connectivity index (χ1v) is 7.26. The Morgan fingerprint density at radius 3 is 2.81 bits per heavy atom.